The minimum atomic E-state index is -1.50. The van der Waals surface area contributed by atoms with Gasteiger partial charge in [0.25, 0.3) is 0 Å². The van der Waals surface area contributed by atoms with E-state index in [1.165, 1.54) is 0 Å². The van der Waals surface area contributed by atoms with Crippen molar-refractivity contribution in [2.45, 2.75) is 19.3 Å². The molecule has 0 aromatic rings. The molecule has 0 aromatic carbocycles. The van der Waals surface area contributed by atoms with E-state index in [0.29, 0.717) is 12.1 Å². The van der Waals surface area contributed by atoms with Gasteiger partial charge in [0.15, 0.2) is 0 Å². The predicted octanol–water partition coefficient (Wildman–Crippen LogP) is -0.299. The molecule has 0 amide bonds. The fraction of sp³-hybridized carbons (Fsp3) is 0.600. The van der Waals surface area contributed by atoms with Crippen LogP contribution in [0, 0.1) is 17.3 Å². The minimum Gasteiger partial charge on any atom is -0.481 e. The summed E-state index contributed by atoms with van der Waals surface area (Å²) in [6, 6.07) is 0. The third kappa shape index (κ3) is 1.07. The van der Waals surface area contributed by atoms with Crippen LogP contribution in [-0.2, 0) is 9.59 Å². The van der Waals surface area contributed by atoms with Crippen LogP contribution in [0.3, 0.4) is 0 Å². The quantitative estimate of drug-likeness (QED) is 0.512. The first kappa shape index (κ1) is 10.8. The second kappa shape index (κ2) is 3.13. The van der Waals surface area contributed by atoms with Crippen molar-refractivity contribution in [1.82, 2.24) is 0 Å². The summed E-state index contributed by atoms with van der Waals surface area (Å²) in [5.74, 6) is -3.33. The van der Waals surface area contributed by atoms with E-state index in [0.717, 1.165) is 0 Å². The van der Waals surface area contributed by atoms with Crippen molar-refractivity contribution in [3.8, 4) is 0 Å². The molecule has 88 valence electrons. The van der Waals surface area contributed by atoms with Crippen LogP contribution in [0.15, 0.2) is 11.4 Å². The normalized spacial score (nSPS) is 37.5. The Morgan fingerprint density at radius 3 is 2.44 bits per heavy atom. The van der Waals surface area contributed by atoms with E-state index >= 15 is 0 Å². The molecule has 0 heterocycles. The van der Waals surface area contributed by atoms with Gasteiger partial charge in [0.1, 0.15) is 5.41 Å². The lowest BCUT2D eigenvalue weighted by Crippen LogP contribution is -2.55. The lowest BCUT2D eigenvalue weighted by molar-refractivity contribution is -0.165. The van der Waals surface area contributed by atoms with Crippen LogP contribution >= 0.6 is 0 Å². The number of aliphatic carboxylic acids is 2. The second-order valence-corrected chi connectivity index (χ2v) is 4.51. The molecule has 6 nitrogen and oxygen atoms in total. The molecule has 3 rings (SSSR count). The maximum absolute atomic E-state index is 11.4. The summed E-state index contributed by atoms with van der Waals surface area (Å²) in [6.45, 7) is 0. The Kier molecular flexibility index (Phi) is 2.11. The van der Waals surface area contributed by atoms with Crippen molar-refractivity contribution in [1.29, 1.82) is 0 Å². The first-order valence-corrected chi connectivity index (χ1v) is 5.13. The van der Waals surface area contributed by atoms with Crippen molar-refractivity contribution in [2.24, 2.45) is 28.7 Å². The average molecular weight is 226 g/mol. The Bertz CT molecular complexity index is 404. The van der Waals surface area contributed by atoms with Gasteiger partial charge in [0.05, 0.1) is 5.92 Å². The zero-order valence-electron chi connectivity index (χ0n) is 8.64. The highest BCUT2D eigenvalue weighted by Gasteiger charge is 2.59. The van der Waals surface area contributed by atoms with Crippen LogP contribution in [0.2, 0.25) is 0 Å². The standard InChI is InChI=1S/C10H14N2O4/c11-6-4-1-2-10(7(6)12,9(15)16)5(3-4)8(13)14/h4-5H,1-3,11-12H2,(H,13,14)(H,15,16). The summed E-state index contributed by atoms with van der Waals surface area (Å²) in [5.41, 5.74) is 10.4. The Hall–Kier alpha value is -1.72. The maximum atomic E-state index is 11.4. The first-order valence-electron chi connectivity index (χ1n) is 5.13. The fourth-order valence-corrected chi connectivity index (χ4v) is 2.94. The lowest BCUT2D eigenvalue weighted by atomic mass is 9.56. The molecule has 3 aliphatic rings. The molecular weight excluding hydrogens is 212 g/mol. The number of nitrogens with two attached hydrogens (primary N) is 2. The summed E-state index contributed by atoms with van der Waals surface area (Å²) in [6.07, 6.45) is 1.13. The number of rotatable bonds is 2. The molecule has 3 unspecified atom stereocenters. The largest absolute Gasteiger partial charge is 0.481 e. The summed E-state index contributed by atoms with van der Waals surface area (Å²) >= 11 is 0. The highest BCUT2D eigenvalue weighted by molar-refractivity contribution is 5.87. The number of carboxylic acid groups (broad SMARTS) is 2. The number of hydrogen-bond donors (Lipinski definition) is 4. The molecule has 0 saturated heterocycles. The van der Waals surface area contributed by atoms with Crippen LogP contribution in [0.1, 0.15) is 19.3 Å². The van der Waals surface area contributed by atoms with Crippen LogP contribution in [-0.4, -0.2) is 22.2 Å². The van der Waals surface area contributed by atoms with Crippen LogP contribution < -0.4 is 11.5 Å². The van der Waals surface area contributed by atoms with Crippen molar-refractivity contribution in [2.75, 3.05) is 0 Å². The molecule has 1 saturated carbocycles. The van der Waals surface area contributed by atoms with E-state index in [1.807, 2.05) is 0 Å². The SMILES string of the molecule is NC1=C(N)C2(C(=O)O)CCC1CC2C(=O)O. The van der Waals surface area contributed by atoms with Gasteiger partial charge < -0.3 is 21.7 Å². The highest BCUT2D eigenvalue weighted by atomic mass is 16.4. The number of carboxylic acids is 2. The lowest BCUT2D eigenvalue weighted by Gasteiger charge is -2.47. The van der Waals surface area contributed by atoms with Crippen LogP contribution in [0.4, 0.5) is 0 Å². The van der Waals surface area contributed by atoms with Crippen molar-refractivity contribution in [3.63, 3.8) is 0 Å². The van der Waals surface area contributed by atoms with Gasteiger partial charge in [0.2, 0.25) is 0 Å². The summed E-state index contributed by atoms with van der Waals surface area (Å²) in [4.78, 5) is 22.5. The molecule has 0 aliphatic heterocycles. The van der Waals surface area contributed by atoms with E-state index in [9.17, 15) is 14.7 Å². The minimum absolute atomic E-state index is 0.0508. The zero-order valence-corrected chi connectivity index (χ0v) is 8.64. The highest BCUT2D eigenvalue weighted by Crippen LogP contribution is 2.54. The number of allylic oxidation sites excluding steroid dienone is 1. The number of carbonyl (C=O) groups is 2. The number of fused-ring (bicyclic) bond motifs is 2. The Labute approximate surface area is 91.9 Å². The van der Waals surface area contributed by atoms with Gasteiger partial charge in [-0.15, -0.1) is 0 Å². The number of hydrogen-bond acceptors (Lipinski definition) is 4. The Balaban J connectivity index is 2.59. The van der Waals surface area contributed by atoms with Gasteiger partial charge in [-0.2, -0.15) is 0 Å². The third-order valence-electron chi connectivity index (χ3n) is 3.91. The summed E-state index contributed by atoms with van der Waals surface area (Å²) < 4.78 is 0. The molecular formula is C10H14N2O4. The molecule has 0 spiro atoms. The van der Waals surface area contributed by atoms with Gasteiger partial charge in [-0.3, -0.25) is 9.59 Å². The fourth-order valence-electron chi connectivity index (χ4n) is 2.94. The van der Waals surface area contributed by atoms with Crippen molar-refractivity contribution < 1.29 is 19.8 Å². The first-order chi connectivity index (χ1) is 7.41. The molecule has 3 aliphatic carbocycles. The van der Waals surface area contributed by atoms with E-state index in [1.54, 1.807) is 0 Å². The van der Waals surface area contributed by atoms with E-state index in [4.69, 9.17) is 16.6 Å². The molecule has 0 aromatic heterocycles. The second-order valence-electron chi connectivity index (χ2n) is 4.51. The average Bonchev–Trinajstić information content (AvgIpc) is 2.24. The molecule has 0 radical (unpaired) electrons. The molecule has 1 fully saturated rings. The van der Waals surface area contributed by atoms with E-state index in [-0.39, 0.29) is 24.5 Å². The van der Waals surface area contributed by atoms with Gasteiger partial charge in [-0.05, 0) is 19.3 Å². The van der Waals surface area contributed by atoms with Crippen molar-refractivity contribution in [3.05, 3.63) is 11.4 Å². The Morgan fingerprint density at radius 2 is 1.94 bits per heavy atom. The van der Waals surface area contributed by atoms with Crippen LogP contribution in [0.5, 0.6) is 0 Å². The van der Waals surface area contributed by atoms with Gasteiger partial charge in [-0.25, -0.2) is 0 Å². The topological polar surface area (TPSA) is 127 Å². The zero-order chi connectivity index (χ0) is 12.1. The predicted molar refractivity (Wildman–Crippen MR) is 53.9 cm³/mol. The van der Waals surface area contributed by atoms with Crippen molar-refractivity contribution >= 4 is 11.9 Å². The summed E-state index contributed by atoms with van der Waals surface area (Å²) in [5, 5.41) is 18.4. The third-order valence-corrected chi connectivity index (χ3v) is 3.91. The maximum Gasteiger partial charge on any atom is 0.316 e. The van der Waals surface area contributed by atoms with Gasteiger partial charge >= 0.3 is 11.9 Å². The Morgan fingerprint density at radius 1 is 1.31 bits per heavy atom. The molecule has 16 heavy (non-hydrogen) atoms. The molecule has 6 heteroatoms. The molecule has 6 N–H and O–H groups in total. The van der Waals surface area contributed by atoms with Gasteiger partial charge in [-0.1, -0.05) is 0 Å². The smallest absolute Gasteiger partial charge is 0.316 e. The molecule has 2 bridgehead atoms. The van der Waals surface area contributed by atoms with E-state index in [2.05, 4.69) is 0 Å². The van der Waals surface area contributed by atoms with Gasteiger partial charge in [0, 0.05) is 17.3 Å². The van der Waals surface area contributed by atoms with Crippen LogP contribution in [0.25, 0.3) is 0 Å². The van der Waals surface area contributed by atoms with E-state index < -0.39 is 23.3 Å². The summed E-state index contributed by atoms with van der Waals surface area (Å²) in [7, 11) is 0. The molecule has 3 atom stereocenters. The monoisotopic (exact) mass is 226 g/mol.